The van der Waals surface area contributed by atoms with Gasteiger partial charge in [0.2, 0.25) is 0 Å². The van der Waals surface area contributed by atoms with Crippen LogP contribution in [0, 0.1) is 0 Å². The average molecular weight is 256 g/mol. The van der Waals surface area contributed by atoms with Crippen molar-refractivity contribution in [2.75, 3.05) is 5.73 Å². The quantitative estimate of drug-likeness (QED) is 0.708. The van der Waals surface area contributed by atoms with Crippen molar-refractivity contribution in [1.29, 1.82) is 0 Å². The predicted molar refractivity (Wildman–Crippen MR) is 79.1 cm³/mol. The number of nitrogens with zero attached hydrogens (tertiary/aromatic N) is 1. The molecule has 3 rings (SSSR count). The topological polar surface area (TPSA) is 30.9 Å². The maximum Gasteiger partial charge on any atom is 0.0569 e. The third-order valence-electron chi connectivity index (χ3n) is 3.24. The molecule has 0 atom stereocenters. The number of thiophene rings is 1. The third kappa shape index (κ3) is 1.91. The van der Waals surface area contributed by atoms with Crippen molar-refractivity contribution in [2.24, 2.45) is 0 Å². The van der Waals surface area contributed by atoms with E-state index in [4.69, 9.17) is 5.73 Å². The Labute approximate surface area is 111 Å². The second-order valence-corrected chi connectivity index (χ2v) is 5.70. The minimum atomic E-state index is 0.853. The van der Waals surface area contributed by atoms with Gasteiger partial charge in [0.15, 0.2) is 0 Å². The van der Waals surface area contributed by atoms with Crippen LogP contribution in [0.15, 0.2) is 42.6 Å². The lowest BCUT2D eigenvalue weighted by Crippen LogP contribution is -1.95. The number of fused-ring (bicyclic) bond motifs is 1. The Morgan fingerprint density at radius 2 is 1.94 bits per heavy atom. The maximum atomic E-state index is 5.98. The summed E-state index contributed by atoms with van der Waals surface area (Å²) in [6.07, 6.45) is 3.23. The predicted octanol–water partition coefficient (Wildman–Crippen LogP) is 3.90. The van der Waals surface area contributed by atoms with Crippen LogP contribution < -0.4 is 5.73 Å². The Morgan fingerprint density at radius 1 is 1.11 bits per heavy atom. The molecule has 2 N–H and O–H groups in total. The molecule has 0 aliphatic carbocycles. The molecule has 2 aromatic heterocycles. The molecule has 0 radical (unpaired) electrons. The van der Waals surface area contributed by atoms with Crippen LogP contribution in [-0.2, 0) is 13.0 Å². The van der Waals surface area contributed by atoms with Crippen molar-refractivity contribution in [2.45, 2.75) is 19.9 Å². The molecule has 0 amide bonds. The van der Waals surface area contributed by atoms with Crippen LogP contribution in [-0.4, -0.2) is 4.57 Å². The van der Waals surface area contributed by atoms with Crippen LogP contribution >= 0.6 is 11.3 Å². The van der Waals surface area contributed by atoms with Gasteiger partial charge in [0.05, 0.1) is 12.1 Å². The first-order valence-corrected chi connectivity index (χ1v) is 7.00. The van der Waals surface area contributed by atoms with E-state index >= 15 is 0 Å². The Kier molecular flexibility index (Phi) is 2.84. The smallest absolute Gasteiger partial charge is 0.0569 e. The summed E-state index contributed by atoms with van der Waals surface area (Å²) in [6, 6.07) is 12.6. The fraction of sp³-hybridized carbons (Fsp3) is 0.200. The molecule has 0 saturated carbocycles. The molecule has 0 saturated heterocycles. The molecule has 0 bridgehead atoms. The molecular weight excluding hydrogens is 240 g/mol. The molecule has 2 heterocycles. The summed E-state index contributed by atoms with van der Waals surface area (Å²) in [6.45, 7) is 3.12. The highest BCUT2D eigenvalue weighted by Gasteiger charge is 2.05. The van der Waals surface area contributed by atoms with E-state index in [-0.39, 0.29) is 0 Å². The summed E-state index contributed by atoms with van der Waals surface area (Å²) in [4.78, 5) is 2.84. The van der Waals surface area contributed by atoms with E-state index in [0.29, 0.717) is 0 Å². The highest BCUT2D eigenvalue weighted by molar-refractivity contribution is 7.11. The zero-order valence-corrected chi connectivity index (χ0v) is 11.2. The monoisotopic (exact) mass is 256 g/mol. The standard InChI is InChI=1S/C15H16N2S/c1-2-11-6-7-12(18-11)10-17-9-8-13-14(16)4-3-5-15(13)17/h3-9H,2,10,16H2,1H3. The molecule has 0 aliphatic rings. The molecule has 0 fully saturated rings. The lowest BCUT2D eigenvalue weighted by Gasteiger charge is -2.04. The SMILES string of the molecule is CCc1ccc(Cn2ccc3c(N)cccc32)s1. The molecule has 18 heavy (non-hydrogen) atoms. The van der Waals surface area contributed by atoms with Crippen molar-refractivity contribution in [3.63, 3.8) is 0 Å². The normalized spacial score (nSPS) is 11.2. The van der Waals surface area contributed by atoms with Gasteiger partial charge in [-0.15, -0.1) is 11.3 Å². The molecule has 0 aliphatic heterocycles. The molecule has 3 aromatic rings. The largest absolute Gasteiger partial charge is 0.398 e. The van der Waals surface area contributed by atoms with Gasteiger partial charge in [-0.1, -0.05) is 13.0 Å². The number of hydrogen-bond donors (Lipinski definition) is 1. The molecule has 92 valence electrons. The maximum absolute atomic E-state index is 5.98. The molecule has 1 aromatic carbocycles. The van der Waals surface area contributed by atoms with Gasteiger partial charge in [-0.2, -0.15) is 0 Å². The van der Waals surface area contributed by atoms with Gasteiger partial charge < -0.3 is 10.3 Å². The minimum absolute atomic E-state index is 0.853. The van der Waals surface area contributed by atoms with E-state index < -0.39 is 0 Å². The van der Waals surface area contributed by atoms with Gasteiger partial charge in [-0.25, -0.2) is 0 Å². The van der Waals surface area contributed by atoms with Gasteiger partial charge in [0, 0.05) is 27.0 Å². The summed E-state index contributed by atoms with van der Waals surface area (Å²) in [7, 11) is 0. The average Bonchev–Trinajstić information content (AvgIpc) is 2.98. The van der Waals surface area contributed by atoms with Crippen molar-refractivity contribution < 1.29 is 0 Å². The molecule has 2 nitrogen and oxygen atoms in total. The van der Waals surface area contributed by atoms with E-state index in [1.807, 2.05) is 23.5 Å². The number of nitrogens with two attached hydrogens (primary N) is 1. The van der Waals surface area contributed by atoms with E-state index in [2.05, 4.69) is 42.0 Å². The van der Waals surface area contributed by atoms with Crippen molar-refractivity contribution in [3.05, 3.63) is 52.3 Å². The Balaban J connectivity index is 1.97. The Hall–Kier alpha value is -1.74. The first-order chi connectivity index (χ1) is 8.78. The van der Waals surface area contributed by atoms with E-state index in [0.717, 1.165) is 24.0 Å². The molecule has 0 unspecified atom stereocenters. The van der Waals surface area contributed by atoms with Gasteiger partial charge >= 0.3 is 0 Å². The summed E-state index contributed by atoms with van der Waals surface area (Å²) in [5.74, 6) is 0. The molecular formula is C15H16N2S. The zero-order chi connectivity index (χ0) is 12.5. The number of aryl methyl sites for hydroxylation is 1. The number of rotatable bonds is 3. The highest BCUT2D eigenvalue weighted by Crippen LogP contribution is 2.24. The number of hydrogen-bond acceptors (Lipinski definition) is 2. The lowest BCUT2D eigenvalue weighted by molar-refractivity contribution is 0.852. The number of aromatic nitrogens is 1. The van der Waals surface area contributed by atoms with Gasteiger partial charge in [-0.3, -0.25) is 0 Å². The second-order valence-electron chi connectivity index (χ2n) is 4.45. The first-order valence-electron chi connectivity index (χ1n) is 6.19. The summed E-state index contributed by atoms with van der Waals surface area (Å²) < 4.78 is 2.26. The Bertz CT molecular complexity index is 679. The van der Waals surface area contributed by atoms with Crippen LogP contribution in [0.2, 0.25) is 0 Å². The van der Waals surface area contributed by atoms with Crippen LogP contribution in [0.5, 0.6) is 0 Å². The number of benzene rings is 1. The minimum Gasteiger partial charge on any atom is -0.398 e. The van der Waals surface area contributed by atoms with E-state index in [1.54, 1.807) is 0 Å². The van der Waals surface area contributed by atoms with Crippen LogP contribution in [0.4, 0.5) is 5.69 Å². The van der Waals surface area contributed by atoms with Crippen LogP contribution in [0.25, 0.3) is 10.9 Å². The summed E-state index contributed by atoms with van der Waals surface area (Å²) in [5.41, 5.74) is 8.04. The van der Waals surface area contributed by atoms with E-state index in [1.165, 1.54) is 15.3 Å². The van der Waals surface area contributed by atoms with Crippen LogP contribution in [0.1, 0.15) is 16.7 Å². The lowest BCUT2D eigenvalue weighted by atomic mass is 10.2. The van der Waals surface area contributed by atoms with Gasteiger partial charge in [-0.05, 0) is 36.8 Å². The highest BCUT2D eigenvalue weighted by atomic mass is 32.1. The zero-order valence-electron chi connectivity index (χ0n) is 10.4. The van der Waals surface area contributed by atoms with Gasteiger partial charge in [0.25, 0.3) is 0 Å². The fourth-order valence-corrected chi connectivity index (χ4v) is 3.21. The molecule has 3 heteroatoms. The second kappa shape index (κ2) is 4.50. The van der Waals surface area contributed by atoms with Gasteiger partial charge in [0.1, 0.15) is 0 Å². The third-order valence-corrected chi connectivity index (χ3v) is 4.45. The van der Waals surface area contributed by atoms with Crippen molar-refractivity contribution in [1.82, 2.24) is 4.57 Å². The number of nitrogen functional groups attached to an aromatic ring is 1. The van der Waals surface area contributed by atoms with Crippen molar-refractivity contribution in [3.8, 4) is 0 Å². The van der Waals surface area contributed by atoms with Crippen LogP contribution in [0.3, 0.4) is 0 Å². The van der Waals surface area contributed by atoms with Crippen molar-refractivity contribution >= 4 is 27.9 Å². The number of anilines is 1. The summed E-state index contributed by atoms with van der Waals surface area (Å²) in [5, 5.41) is 1.14. The fourth-order valence-electron chi connectivity index (χ4n) is 2.25. The van der Waals surface area contributed by atoms with E-state index in [9.17, 15) is 0 Å². The summed E-state index contributed by atoms with van der Waals surface area (Å²) >= 11 is 1.89. The molecule has 0 spiro atoms. The first kappa shape index (κ1) is 11.4. The Morgan fingerprint density at radius 3 is 2.72 bits per heavy atom.